The topological polar surface area (TPSA) is 41.6 Å². The van der Waals surface area contributed by atoms with Crippen LogP contribution in [0.2, 0.25) is 5.02 Å². The van der Waals surface area contributed by atoms with Gasteiger partial charge >= 0.3 is 0 Å². The Hall–Kier alpha value is -2.11. The fraction of sp³-hybridized carbons (Fsp3) is 0.381. The van der Waals surface area contributed by atoms with E-state index in [2.05, 4.69) is 10.2 Å². The SMILES string of the molecule is CCOc1ccc(NC(=O)C2CCN(Cc3c(F)cccc3Cl)CC2)cc1. The number of halogens is 2. The van der Waals surface area contributed by atoms with Crippen LogP contribution in [0.1, 0.15) is 25.3 Å². The van der Waals surface area contributed by atoms with Crippen LogP contribution in [0.25, 0.3) is 0 Å². The maximum absolute atomic E-state index is 13.9. The Morgan fingerprint density at radius 2 is 1.93 bits per heavy atom. The molecule has 3 rings (SSSR count). The number of hydrogen-bond acceptors (Lipinski definition) is 3. The van der Waals surface area contributed by atoms with Gasteiger partial charge in [-0.05, 0) is 69.3 Å². The molecular formula is C21H24ClFN2O2. The number of benzene rings is 2. The van der Waals surface area contributed by atoms with E-state index in [0.717, 1.165) is 37.4 Å². The van der Waals surface area contributed by atoms with Crippen LogP contribution in [-0.2, 0) is 11.3 Å². The van der Waals surface area contributed by atoms with Crippen LogP contribution in [0.3, 0.4) is 0 Å². The summed E-state index contributed by atoms with van der Waals surface area (Å²) in [7, 11) is 0. The molecule has 1 amide bonds. The number of anilines is 1. The molecule has 1 fully saturated rings. The van der Waals surface area contributed by atoms with Crippen LogP contribution in [0, 0.1) is 11.7 Å². The number of carbonyl (C=O) groups excluding carboxylic acids is 1. The zero-order chi connectivity index (χ0) is 19.2. The third-order valence-electron chi connectivity index (χ3n) is 4.83. The molecule has 0 unspecified atom stereocenters. The largest absolute Gasteiger partial charge is 0.494 e. The van der Waals surface area contributed by atoms with Crippen LogP contribution in [-0.4, -0.2) is 30.5 Å². The fourth-order valence-electron chi connectivity index (χ4n) is 3.31. The molecule has 0 aliphatic carbocycles. The van der Waals surface area contributed by atoms with Crippen molar-refractivity contribution < 1.29 is 13.9 Å². The molecule has 1 saturated heterocycles. The van der Waals surface area contributed by atoms with Gasteiger partial charge < -0.3 is 10.1 Å². The molecule has 27 heavy (non-hydrogen) atoms. The lowest BCUT2D eigenvalue weighted by Gasteiger charge is -2.31. The van der Waals surface area contributed by atoms with Crippen LogP contribution < -0.4 is 10.1 Å². The number of piperidine rings is 1. The molecule has 0 radical (unpaired) electrons. The molecule has 0 saturated carbocycles. The zero-order valence-electron chi connectivity index (χ0n) is 15.4. The van der Waals surface area contributed by atoms with Crippen molar-refractivity contribution in [1.82, 2.24) is 4.90 Å². The third kappa shape index (κ3) is 5.21. The fourth-order valence-corrected chi connectivity index (χ4v) is 3.53. The van der Waals surface area contributed by atoms with Gasteiger partial charge in [0.2, 0.25) is 5.91 Å². The summed E-state index contributed by atoms with van der Waals surface area (Å²) in [5, 5.41) is 3.42. The Balaban J connectivity index is 1.50. The second-order valence-electron chi connectivity index (χ2n) is 6.70. The maximum atomic E-state index is 13.9. The number of nitrogens with zero attached hydrogens (tertiary/aromatic N) is 1. The normalized spacial score (nSPS) is 15.5. The quantitative estimate of drug-likeness (QED) is 0.775. The number of amides is 1. The number of carbonyl (C=O) groups is 1. The van der Waals surface area contributed by atoms with Crippen molar-refractivity contribution in [2.24, 2.45) is 5.92 Å². The lowest BCUT2D eigenvalue weighted by atomic mass is 9.95. The highest BCUT2D eigenvalue weighted by Gasteiger charge is 2.26. The van der Waals surface area contributed by atoms with Crippen molar-refractivity contribution in [3.8, 4) is 5.75 Å². The van der Waals surface area contributed by atoms with Gasteiger partial charge in [-0.25, -0.2) is 4.39 Å². The summed E-state index contributed by atoms with van der Waals surface area (Å²) in [4.78, 5) is 14.7. The average Bonchev–Trinajstić information content (AvgIpc) is 2.67. The van der Waals surface area contributed by atoms with Crippen molar-refractivity contribution in [3.05, 3.63) is 58.9 Å². The summed E-state index contributed by atoms with van der Waals surface area (Å²) in [5.41, 5.74) is 1.29. The molecule has 1 N–H and O–H groups in total. The molecule has 0 aromatic heterocycles. The monoisotopic (exact) mass is 390 g/mol. The van der Waals surface area contributed by atoms with Crippen LogP contribution >= 0.6 is 11.6 Å². The molecular weight excluding hydrogens is 367 g/mol. The van der Waals surface area contributed by atoms with Crippen LogP contribution in [0.5, 0.6) is 5.75 Å². The number of hydrogen-bond donors (Lipinski definition) is 1. The lowest BCUT2D eigenvalue weighted by Crippen LogP contribution is -2.38. The summed E-state index contributed by atoms with van der Waals surface area (Å²) >= 11 is 6.11. The first-order valence-electron chi connectivity index (χ1n) is 9.25. The minimum Gasteiger partial charge on any atom is -0.494 e. The predicted molar refractivity (Wildman–Crippen MR) is 106 cm³/mol. The highest BCUT2D eigenvalue weighted by atomic mass is 35.5. The van der Waals surface area contributed by atoms with E-state index in [1.165, 1.54) is 6.07 Å². The Labute approximate surface area is 164 Å². The third-order valence-corrected chi connectivity index (χ3v) is 5.19. The van der Waals surface area contributed by atoms with Gasteiger partial charge in [-0.2, -0.15) is 0 Å². The van der Waals surface area contributed by atoms with E-state index in [1.54, 1.807) is 12.1 Å². The van der Waals surface area contributed by atoms with E-state index in [-0.39, 0.29) is 17.6 Å². The molecule has 2 aromatic carbocycles. The molecule has 4 nitrogen and oxygen atoms in total. The van der Waals surface area contributed by atoms with Crippen molar-refractivity contribution in [1.29, 1.82) is 0 Å². The highest BCUT2D eigenvalue weighted by molar-refractivity contribution is 6.31. The van der Waals surface area contributed by atoms with E-state index in [9.17, 15) is 9.18 Å². The minimum absolute atomic E-state index is 0.0303. The Morgan fingerprint density at radius 1 is 1.22 bits per heavy atom. The van der Waals surface area contributed by atoms with Gasteiger partial charge in [0.05, 0.1) is 6.61 Å². The standard InChI is InChI=1S/C21H24ClFN2O2/c1-2-27-17-8-6-16(7-9-17)24-21(26)15-10-12-25(13-11-15)14-18-19(22)4-3-5-20(18)23/h3-9,15H,2,10-14H2,1H3,(H,24,26). The number of likely N-dealkylation sites (tertiary alicyclic amines) is 1. The Kier molecular flexibility index (Phi) is 6.69. The summed E-state index contributed by atoms with van der Waals surface area (Å²) in [6.45, 7) is 4.50. The Bertz CT molecular complexity index is 754. The van der Waals surface area contributed by atoms with Crippen LogP contribution in [0.4, 0.5) is 10.1 Å². The Morgan fingerprint density at radius 3 is 2.56 bits per heavy atom. The first-order chi connectivity index (χ1) is 13.1. The second kappa shape index (κ2) is 9.20. The molecule has 2 aromatic rings. The van der Waals surface area contributed by atoms with Crippen LogP contribution in [0.15, 0.2) is 42.5 Å². The van der Waals surface area contributed by atoms with Crippen molar-refractivity contribution >= 4 is 23.2 Å². The van der Waals surface area contributed by atoms with Gasteiger partial charge in [-0.3, -0.25) is 9.69 Å². The second-order valence-corrected chi connectivity index (χ2v) is 7.10. The summed E-state index contributed by atoms with van der Waals surface area (Å²) in [6, 6.07) is 12.1. The summed E-state index contributed by atoms with van der Waals surface area (Å²) in [6.07, 6.45) is 1.49. The summed E-state index contributed by atoms with van der Waals surface area (Å²) in [5.74, 6) is 0.500. The number of ether oxygens (including phenoxy) is 1. The molecule has 0 atom stereocenters. The molecule has 1 aliphatic heterocycles. The lowest BCUT2D eigenvalue weighted by molar-refractivity contribution is -0.121. The zero-order valence-corrected chi connectivity index (χ0v) is 16.1. The molecule has 144 valence electrons. The smallest absolute Gasteiger partial charge is 0.227 e. The summed E-state index contributed by atoms with van der Waals surface area (Å²) < 4.78 is 19.4. The van der Waals surface area contributed by atoms with Gasteiger partial charge in [0.25, 0.3) is 0 Å². The van der Waals surface area contributed by atoms with Gasteiger partial charge in [-0.15, -0.1) is 0 Å². The molecule has 6 heteroatoms. The van der Waals surface area contributed by atoms with Gasteiger partial charge in [0.1, 0.15) is 11.6 Å². The minimum atomic E-state index is -0.280. The molecule has 1 heterocycles. The number of rotatable bonds is 6. The number of nitrogens with one attached hydrogen (secondary N) is 1. The maximum Gasteiger partial charge on any atom is 0.227 e. The van der Waals surface area contributed by atoms with Gasteiger partial charge in [0.15, 0.2) is 0 Å². The first-order valence-corrected chi connectivity index (χ1v) is 9.63. The van der Waals surface area contributed by atoms with Crippen molar-refractivity contribution in [2.45, 2.75) is 26.3 Å². The van der Waals surface area contributed by atoms with E-state index >= 15 is 0 Å². The highest BCUT2D eigenvalue weighted by Crippen LogP contribution is 2.25. The van der Waals surface area contributed by atoms with E-state index < -0.39 is 0 Å². The average molecular weight is 391 g/mol. The van der Waals surface area contributed by atoms with Gasteiger partial charge in [0, 0.05) is 28.7 Å². The van der Waals surface area contributed by atoms with Crippen molar-refractivity contribution in [2.75, 3.05) is 25.0 Å². The predicted octanol–water partition coefficient (Wildman–Crippen LogP) is 4.73. The van der Waals surface area contributed by atoms with Crippen molar-refractivity contribution in [3.63, 3.8) is 0 Å². The first kappa shape index (κ1) is 19.6. The molecule has 1 aliphatic rings. The van der Waals surface area contributed by atoms with E-state index in [4.69, 9.17) is 16.3 Å². The molecule has 0 bridgehead atoms. The molecule has 0 spiro atoms. The van der Waals surface area contributed by atoms with Gasteiger partial charge in [-0.1, -0.05) is 17.7 Å². The van der Waals surface area contributed by atoms with E-state index in [0.29, 0.717) is 23.7 Å². The van der Waals surface area contributed by atoms with E-state index in [1.807, 2.05) is 31.2 Å².